The standard InChI is InChI=1S/C25H21ClN4O4/c1-2-14-34-20-7-5-6-17(15-20)16-27-30-25(33)24(32)29-22-9-4-3-8-21(22)23(31)28-19-12-10-18(26)11-13-19/h2-13,15-16H,1,14H2,(H,28,31)(H,29,32)(H,30,33)/b27-16-. The van der Waals surface area contributed by atoms with Crippen LogP contribution in [0.5, 0.6) is 5.75 Å². The number of carbonyl (C=O) groups excluding carboxylic acids is 3. The summed E-state index contributed by atoms with van der Waals surface area (Å²) >= 11 is 5.86. The molecule has 0 fully saturated rings. The van der Waals surface area contributed by atoms with Crippen LogP contribution in [0.3, 0.4) is 0 Å². The van der Waals surface area contributed by atoms with Crippen molar-refractivity contribution in [3.05, 3.63) is 102 Å². The van der Waals surface area contributed by atoms with Crippen LogP contribution < -0.4 is 20.8 Å². The fraction of sp³-hybridized carbons (Fsp3) is 0.0400. The highest BCUT2D eigenvalue weighted by Crippen LogP contribution is 2.19. The van der Waals surface area contributed by atoms with Crippen molar-refractivity contribution in [1.82, 2.24) is 5.43 Å². The molecule has 0 aliphatic carbocycles. The number of anilines is 2. The van der Waals surface area contributed by atoms with Crippen molar-refractivity contribution in [2.24, 2.45) is 5.10 Å². The number of rotatable bonds is 8. The van der Waals surface area contributed by atoms with Gasteiger partial charge >= 0.3 is 11.8 Å². The third-order valence-electron chi connectivity index (χ3n) is 4.33. The SMILES string of the molecule is C=CCOc1cccc(/C=N\NC(=O)C(=O)Nc2ccccc2C(=O)Nc2ccc(Cl)cc2)c1. The Labute approximate surface area is 201 Å². The summed E-state index contributed by atoms with van der Waals surface area (Å²) in [6, 6.07) is 19.9. The highest BCUT2D eigenvalue weighted by molar-refractivity contribution is 6.40. The lowest BCUT2D eigenvalue weighted by Gasteiger charge is -2.11. The second-order valence-corrected chi connectivity index (χ2v) is 7.27. The van der Waals surface area contributed by atoms with Crippen molar-refractivity contribution >= 4 is 46.9 Å². The van der Waals surface area contributed by atoms with Gasteiger partial charge in [0.05, 0.1) is 17.5 Å². The molecular formula is C25H21ClN4O4. The van der Waals surface area contributed by atoms with Gasteiger partial charge in [0, 0.05) is 10.7 Å². The largest absolute Gasteiger partial charge is 0.490 e. The maximum absolute atomic E-state index is 12.7. The van der Waals surface area contributed by atoms with E-state index in [0.29, 0.717) is 28.6 Å². The highest BCUT2D eigenvalue weighted by Gasteiger charge is 2.17. The van der Waals surface area contributed by atoms with Crippen LogP contribution in [0.25, 0.3) is 0 Å². The van der Waals surface area contributed by atoms with E-state index in [1.807, 2.05) is 0 Å². The van der Waals surface area contributed by atoms with E-state index < -0.39 is 17.7 Å². The average molecular weight is 477 g/mol. The van der Waals surface area contributed by atoms with Crippen molar-refractivity contribution < 1.29 is 19.1 Å². The van der Waals surface area contributed by atoms with E-state index in [-0.39, 0.29) is 11.3 Å². The lowest BCUT2D eigenvalue weighted by Crippen LogP contribution is -2.33. The van der Waals surface area contributed by atoms with Crippen molar-refractivity contribution in [2.45, 2.75) is 0 Å². The molecule has 3 rings (SSSR count). The van der Waals surface area contributed by atoms with Gasteiger partial charge in [0.15, 0.2) is 0 Å². The molecule has 0 aromatic heterocycles. The molecule has 9 heteroatoms. The predicted molar refractivity (Wildman–Crippen MR) is 132 cm³/mol. The van der Waals surface area contributed by atoms with E-state index in [4.69, 9.17) is 16.3 Å². The molecule has 0 bridgehead atoms. The Morgan fingerprint density at radius 1 is 0.941 bits per heavy atom. The molecule has 0 atom stereocenters. The number of para-hydroxylation sites is 1. The van der Waals surface area contributed by atoms with E-state index >= 15 is 0 Å². The number of ether oxygens (including phenoxy) is 1. The van der Waals surface area contributed by atoms with Crippen molar-refractivity contribution in [3.63, 3.8) is 0 Å². The molecular weight excluding hydrogens is 456 g/mol. The Hall–Kier alpha value is -4.43. The highest BCUT2D eigenvalue weighted by atomic mass is 35.5. The molecule has 0 spiro atoms. The Kier molecular flexibility index (Phi) is 8.54. The van der Waals surface area contributed by atoms with Crippen LogP contribution in [-0.4, -0.2) is 30.5 Å². The lowest BCUT2D eigenvalue weighted by molar-refractivity contribution is -0.136. The van der Waals surface area contributed by atoms with Crippen molar-refractivity contribution in [3.8, 4) is 5.75 Å². The number of halogens is 1. The topological polar surface area (TPSA) is 109 Å². The number of carbonyl (C=O) groups is 3. The first-order valence-electron chi connectivity index (χ1n) is 10.1. The summed E-state index contributed by atoms with van der Waals surface area (Å²) in [7, 11) is 0. The van der Waals surface area contributed by atoms with Crippen LogP contribution in [0.4, 0.5) is 11.4 Å². The zero-order valence-electron chi connectivity index (χ0n) is 18.0. The fourth-order valence-electron chi connectivity index (χ4n) is 2.76. The molecule has 3 aromatic carbocycles. The van der Waals surface area contributed by atoms with Gasteiger partial charge in [-0.3, -0.25) is 14.4 Å². The minimum Gasteiger partial charge on any atom is -0.490 e. The second-order valence-electron chi connectivity index (χ2n) is 6.83. The summed E-state index contributed by atoms with van der Waals surface area (Å²) in [6.07, 6.45) is 3.00. The molecule has 0 unspecified atom stereocenters. The first kappa shape index (κ1) is 24.2. The van der Waals surface area contributed by atoms with Crippen LogP contribution in [0.1, 0.15) is 15.9 Å². The molecule has 34 heavy (non-hydrogen) atoms. The maximum Gasteiger partial charge on any atom is 0.329 e. The summed E-state index contributed by atoms with van der Waals surface area (Å²) in [6.45, 7) is 3.94. The molecule has 8 nitrogen and oxygen atoms in total. The minimum absolute atomic E-state index is 0.171. The van der Waals surface area contributed by atoms with Crippen LogP contribution >= 0.6 is 11.6 Å². The minimum atomic E-state index is -0.997. The van der Waals surface area contributed by atoms with Gasteiger partial charge in [0.2, 0.25) is 0 Å². The number of hydrogen-bond donors (Lipinski definition) is 3. The molecule has 0 aliphatic rings. The zero-order chi connectivity index (χ0) is 24.3. The van der Waals surface area contributed by atoms with E-state index in [0.717, 1.165) is 0 Å². The van der Waals surface area contributed by atoms with Crippen LogP contribution in [-0.2, 0) is 9.59 Å². The lowest BCUT2D eigenvalue weighted by atomic mass is 10.1. The Bertz CT molecular complexity index is 1230. The number of hydrazone groups is 1. The maximum atomic E-state index is 12.7. The monoisotopic (exact) mass is 476 g/mol. The number of benzene rings is 3. The van der Waals surface area contributed by atoms with Gasteiger partial charge < -0.3 is 15.4 Å². The molecule has 3 N–H and O–H groups in total. The van der Waals surface area contributed by atoms with Crippen LogP contribution in [0.2, 0.25) is 5.02 Å². The van der Waals surface area contributed by atoms with Gasteiger partial charge in [-0.1, -0.05) is 48.5 Å². The number of nitrogens with one attached hydrogen (secondary N) is 3. The van der Waals surface area contributed by atoms with E-state index in [2.05, 4.69) is 27.7 Å². The first-order valence-corrected chi connectivity index (χ1v) is 10.5. The summed E-state index contributed by atoms with van der Waals surface area (Å²) in [5.74, 6) is -1.83. The van der Waals surface area contributed by atoms with Gasteiger partial charge in [0.25, 0.3) is 5.91 Å². The fourth-order valence-corrected chi connectivity index (χ4v) is 2.88. The van der Waals surface area contributed by atoms with E-state index in [1.165, 1.54) is 18.3 Å². The van der Waals surface area contributed by atoms with E-state index in [1.54, 1.807) is 66.7 Å². The normalized spacial score (nSPS) is 10.4. The van der Waals surface area contributed by atoms with Crippen LogP contribution in [0.15, 0.2) is 90.6 Å². The number of nitrogens with zero attached hydrogens (tertiary/aromatic N) is 1. The molecule has 172 valence electrons. The van der Waals surface area contributed by atoms with Gasteiger partial charge in [-0.25, -0.2) is 5.43 Å². The Morgan fingerprint density at radius 2 is 1.71 bits per heavy atom. The summed E-state index contributed by atoms with van der Waals surface area (Å²) < 4.78 is 5.43. The molecule has 0 aliphatic heterocycles. The first-order chi connectivity index (χ1) is 16.5. The van der Waals surface area contributed by atoms with Crippen molar-refractivity contribution in [1.29, 1.82) is 0 Å². The number of hydrogen-bond acceptors (Lipinski definition) is 5. The van der Waals surface area contributed by atoms with Crippen LogP contribution in [0, 0.1) is 0 Å². The third-order valence-corrected chi connectivity index (χ3v) is 4.59. The number of amides is 3. The van der Waals surface area contributed by atoms with Gasteiger partial charge in [-0.05, 0) is 54.1 Å². The Morgan fingerprint density at radius 3 is 2.47 bits per heavy atom. The molecule has 3 aromatic rings. The smallest absolute Gasteiger partial charge is 0.329 e. The third kappa shape index (κ3) is 7.04. The van der Waals surface area contributed by atoms with Crippen molar-refractivity contribution in [2.75, 3.05) is 17.2 Å². The quantitative estimate of drug-likeness (QED) is 0.195. The molecule has 0 heterocycles. The summed E-state index contributed by atoms with van der Waals surface area (Å²) in [5.41, 5.74) is 3.69. The van der Waals surface area contributed by atoms with Gasteiger partial charge in [-0.15, -0.1) is 0 Å². The van der Waals surface area contributed by atoms with E-state index in [9.17, 15) is 14.4 Å². The molecule has 0 saturated carbocycles. The molecule has 0 radical (unpaired) electrons. The molecule has 0 saturated heterocycles. The average Bonchev–Trinajstić information content (AvgIpc) is 2.84. The predicted octanol–water partition coefficient (Wildman–Crippen LogP) is 4.25. The van der Waals surface area contributed by atoms with Gasteiger partial charge in [-0.2, -0.15) is 5.10 Å². The summed E-state index contributed by atoms with van der Waals surface area (Å²) in [4.78, 5) is 37.1. The molecule has 3 amide bonds. The Balaban J connectivity index is 1.60. The summed E-state index contributed by atoms with van der Waals surface area (Å²) in [5, 5.41) is 9.47. The second kappa shape index (κ2) is 12.0. The van der Waals surface area contributed by atoms with Gasteiger partial charge in [0.1, 0.15) is 12.4 Å². The zero-order valence-corrected chi connectivity index (χ0v) is 18.7.